The molecule has 3 nitrogen and oxygen atoms in total. The molecule has 0 saturated heterocycles. The fraction of sp³-hybridized carbons (Fsp3) is 1.00. The van der Waals surface area contributed by atoms with Crippen LogP contribution in [0, 0.1) is 5.92 Å². The molecule has 0 heterocycles. The smallest absolute Gasteiger partial charge is 0.0197 e. The molecule has 0 fully saturated rings. The van der Waals surface area contributed by atoms with Gasteiger partial charge in [0, 0.05) is 25.7 Å². The maximum atomic E-state index is 3.70. The molecule has 0 bridgehead atoms. The Morgan fingerprint density at radius 3 is 2.06 bits per heavy atom. The molecule has 1 unspecified atom stereocenters. The van der Waals surface area contributed by atoms with Crippen molar-refractivity contribution >= 4 is 0 Å². The van der Waals surface area contributed by atoms with Crippen molar-refractivity contribution in [2.75, 3.05) is 46.8 Å². The predicted molar refractivity (Wildman–Crippen MR) is 77.6 cm³/mol. The molecule has 0 rings (SSSR count). The lowest BCUT2D eigenvalue weighted by Crippen LogP contribution is -2.42. The second-order valence-electron chi connectivity index (χ2n) is 5.57. The van der Waals surface area contributed by atoms with E-state index < -0.39 is 0 Å². The van der Waals surface area contributed by atoms with Crippen LogP contribution in [0.5, 0.6) is 0 Å². The Morgan fingerprint density at radius 1 is 1.06 bits per heavy atom. The van der Waals surface area contributed by atoms with Crippen LogP contribution in [0.1, 0.15) is 34.1 Å². The van der Waals surface area contributed by atoms with Crippen LogP contribution < -0.4 is 5.32 Å². The summed E-state index contributed by atoms with van der Waals surface area (Å²) in [6.07, 6.45) is 1.26. The first-order chi connectivity index (χ1) is 7.99. The van der Waals surface area contributed by atoms with Gasteiger partial charge in [0.05, 0.1) is 0 Å². The highest BCUT2D eigenvalue weighted by atomic mass is 15.1. The van der Waals surface area contributed by atoms with Gasteiger partial charge in [0.1, 0.15) is 0 Å². The first-order valence-corrected chi connectivity index (χ1v) is 7.10. The highest BCUT2D eigenvalue weighted by molar-refractivity contribution is 4.72. The second-order valence-corrected chi connectivity index (χ2v) is 5.57. The van der Waals surface area contributed by atoms with Crippen LogP contribution in [0.3, 0.4) is 0 Å². The maximum Gasteiger partial charge on any atom is 0.0197 e. The predicted octanol–water partition coefficient (Wildman–Crippen LogP) is 1.89. The average molecular weight is 243 g/mol. The molecule has 0 aromatic rings. The Labute approximate surface area is 109 Å². The second kappa shape index (κ2) is 9.86. The Bertz CT molecular complexity index is 155. The normalized spacial score (nSPS) is 13.9. The van der Waals surface area contributed by atoms with Gasteiger partial charge < -0.3 is 15.1 Å². The highest BCUT2D eigenvalue weighted by Crippen LogP contribution is 2.05. The van der Waals surface area contributed by atoms with Crippen molar-refractivity contribution in [3.63, 3.8) is 0 Å². The molecular formula is C14H33N3. The summed E-state index contributed by atoms with van der Waals surface area (Å²) < 4.78 is 0. The molecule has 0 aromatic carbocycles. The van der Waals surface area contributed by atoms with E-state index in [0.717, 1.165) is 38.6 Å². The SMILES string of the molecule is CCN(CC)CCNC(CC(C)C)CN(C)C. The van der Waals surface area contributed by atoms with Gasteiger partial charge >= 0.3 is 0 Å². The molecule has 0 aliphatic carbocycles. The number of hydrogen-bond donors (Lipinski definition) is 1. The summed E-state index contributed by atoms with van der Waals surface area (Å²) >= 11 is 0. The van der Waals surface area contributed by atoms with Gasteiger partial charge in [-0.05, 0) is 39.5 Å². The van der Waals surface area contributed by atoms with Crippen molar-refractivity contribution in [2.24, 2.45) is 5.92 Å². The Kier molecular flexibility index (Phi) is 9.79. The van der Waals surface area contributed by atoms with Gasteiger partial charge in [0.25, 0.3) is 0 Å². The summed E-state index contributed by atoms with van der Waals surface area (Å²) in [5.41, 5.74) is 0. The van der Waals surface area contributed by atoms with Gasteiger partial charge in [-0.2, -0.15) is 0 Å². The van der Waals surface area contributed by atoms with Crippen LogP contribution >= 0.6 is 0 Å². The standard InChI is InChI=1S/C14H33N3/c1-7-17(8-2)10-9-15-14(11-13(3)4)12-16(5)6/h13-15H,7-12H2,1-6H3. The zero-order valence-electron chi connectivity index (χ0n) is 12.8. The van der Waals surface area contributed by atoms with E-state index in [1.807, 2.05) is 0 Å². The minimum atomic E-state index is 0.626. The van der Waals surface area contributed by atoms with E-state index in [0.29, 0.717) is 6.04 Å². The quantitative estimate of drug-likeness (QED) is 0.632. The molecule has 1 N–H and O–H groups in total. The topological polar surface area (TPSA) is 18.5 Å². The molecule has 0 aliphatic heterocycles. The van der Waals surface area contributed by atoms with Crippen LogP contribution in [0.15, 0.2) is 0 Å². The van der Waals surface area contributed by atoms with Crippen LogP contribution in [-0.4, -0.2) is 62.7 Å². The van der Waals surface area contributed by atoms with Gasteiger partial charge in [-0.15, -0.1) is 0 Å². The fourth-order valence-corrected chi connectivity index (χ4v) is 2.20. The Morgan fingerprint density at radius 2 is 1.65 bits per heavy atom. The van der Waals surface area contributed by atoms with Crippen molar-refractivity contribution < 1.29 is 0 Å². The van der Waals surface area contributed by atoms with E-state index in [2.05, 4.69) is 56.9 Å². The van der Waals surface area contributed by atoms with Crippen LogP contribution in [-0.2, 0) is 0 Å². The average Bonchev–Trinajstić information content (AvgIpc) is 2.22. The van der Waals surface area contributed by atoms with Gasteiger partial charge in [-0.25, -0.2) is 0 Å². The molecule has 1 atom stereocenters. The largest absolute Gasteiger partial charge is 0.311 e. The van der Waals surface area contributed by atoms with E-state index in [1.165, 1.54) is 6.42 Å². The summed E-state index contributed by atoms with van der Waals surface area (Å²) in [6.45, 7) is 14.8. The third-order valence-corrected chi connectivity index (χ3v) is 3.10. The number of likely N-dealkylation sites (N-methyl/N-ethyl adjacent to an activating group) is 2. The summed E-state index contributed by atoms with van der Waals surface area (Å²) in [4.78, 5) is 4.74. The van der Waals surface area contributed by atoms with Gasteiger partial charge in [-0.3, -0.25) is 0 Å². The fourth-order valence-electron chi connectivity index (χ4n) is 2.20. The van der Waals surface area contributed by atoms with E-state index in [-0.39, 0.29) is 0 Å². The molecule has 17 heavy (non-hydrogen) atoms. The Balaban J connectivity index is 3.89. The minimum absolute atomic E-state index is 0.626. The number of hydrogen-bond acceptors (Lipinski definition) is 3. The molecular weight excluding hydrogens is 210 g/mol. The van der Waals surface area contributed by atoms with Crippen molar-refractivity contribution in [3.8, 4) is 0 Å². The van der Waals surface area contributed by atoms with Crippen LogP contribution in [0.25, 0.3) is 0 Å². The van der Waals surface area contributed by atoms with Crippen LogP contribution in [0.2, 0.25) is 0 Å². The first-order valence-electron chi connectivity index (χ1n) is 7.10. The molecule has 0 saturated carbocycles. The van der Waals surface area contributed by atoms with Crippen molar-refractivity contribution in [3.05, 3.63) is 0 Å². The molecule has 0 aromatic heterocycles. The minimum Gasteiger partial charge on any atom is -0.311 e. The molecule has 0 spiro atoms. The van der Waals surface area contributed by atoms with E-state index in [9.17, 15) is 0 Å². The Hall–Kier alpha value is -0.120. The lowest BCUT2D eigenvalue weighted by Gasteiger charge is -2.26. The number of rotatable bonds is 10. The monoisotopic (exact) mass is 243 g/mol. The lowest BCUT2D eigenvalue weighted by atomic mass is 10.0. The summed E-state index contributed by atoms with van der Waals surface area (Å²) in [6, 6.07) is 0.626. The van der Waals surface area contributed by atoms with Gasteiger partial charge in [0.15, 0.2) is 0 Å². The number of nitrogens with zero attached hydrogens (tertiary/aromatic N) is 2. The highest BCUT2D eigenvalue weighted by Gasteiger charge is 2.11. The molecule has 0 amide bonds. The number of nitrogens with one attached hydrogen (secondary N) is 1. The van der Waals surface area contributed by atoms with E-state index in [1.54, 1.807) is 0 Å². The van der Waals surface area contributed by atoms with E-state index in [4.69, 9.17) is 0 Å². The van der Waals surface area contributed by atoms with Gasteiger partial charge in [-0.1, -0.05) is 27.7 Å². The van der Waals surface area contributed by atoms with Crippen molar-refractivity contribution in [2.45, 2.75) is 40.2 Å². The summed E-state index contributed by atoms with van der Waals surface area (Å²) in [7, 11) is 4.30. The first kappa shape index (κ1) is 16.9. The van der Waals surface area contributed by atoms with E-state index >= 15 is 0 Å². The van der Waals surface area contributed by atoms with Crippen molar-refractivity contribution in [1.82, 2.24) is 15.1 Å². The zero-order chi connectivity index (χ0) is 13.3. The summed E-state index contributed by atoms with van der Waals surface area (Å²) in [5, 5.41) is 3.70. The third-order valence-electron chi connectivity index (χ3n) is 3.10. The molecule has 3 heteroatoms. The van der Waals surface area contributed by atoms with Crippen molar-refractivity contribution in [1.29, 1.82) is 0 Å². The zero-order valence-corrected chi connectivity index (χ0v) is 12.8. The lowest BCUT2D eigenvalue weighted by molar-refractivity contribution is 0.269. The summed E-state index contributed by atoms with van der Waals surface area (Å²) in [5.74, 6) is 0.765. The molecule has 104 valence electrons. The molecule has 0 aliphatic rings. The van der Waals surface area contributed by atoms with Gasteiger partial charge in [0.2, 0.25) is 0 Å². The van der Waals surface area contributed by atoms with Crippen LogP contribution in [0.4, 0.5) is 0 Å². The third kappa shape index (κ3) is 9.57. The molecule has 0 radical (unpaired) electrons. The maximum absolute atomic E-state index is 3.70.